The Bertz CT molecular complexity index is 807. The number of pyridine rings is 1. The minimum Gasteiger partial charge on any atom is -0.506 e. The highest BCUT2D eigenvalue weighted by molar-refractivity contribution is 7.91. The van der Waals surface area contributed by atoms with Gasteiger partial charge in [0.05, 0.1) is 18.1 Å². The average molecular weight is 336 g/mol. The van der Waals surface area contributed by atoms with Crippen LogP contribution in [-0.4, -0.2) is 56.3 Å². The van der Waals surface area contributed by atoms with Crippen LogP contribution in [0.2, 0.25) is 0 Å². The number of rotatable bonds is 5. The van der Waals surface area contributed by atoms with E-state index < -0.39 is 9.84 Å². The molecule has 0 aliphatic carbocycles. The zero-order chi connectivity index (χ0) is 16.4. The lowest BCUT2D eigenvalue weighted by molar-refractivity contribution is 0.203. The lowest BCUT2D eigenvalue weighted by Gasteiger charge is -2.29. The Kier molecular flexibility index (Phi) is 4.41. The number of hydrogen-bond acceptors (Lipinski definition) is 6. The summed E-state index contributed by atoms with van der Waals surface area (Å²) >= 11 is 0. The van der Waals surface area contributed by atoms with Gasteiger partial charge in [-0.2, -0.15) is 0 Å². The fraction of sp³-hybridized carbons (Fsp3) is 0.438. The summed E-state index contributed by atoms with van der Waals surface area (Å²) in [4.78, 5) is 6.52. The Morgan fingerprint density at radius 3 is 2.87 bits per heavy atom. The number of hydrogen-bond donors (Lipinski definition) is 1. The molecular formula is C16H20N2O4S. The van der Waals surface area contributed by atoms with Crippen molar-refractivity contribution in [2.75, 3.05) is 36.7 Å². The predicted octanol–water partition coefficient (Wildman–Crippen LogP) is 1.58. The Morgan fingerprint density at radius 1 is 1.35 bits per heavy atom. The molecule has 6 nitrogen and oxygen atoms in total. The topological polar surface area (TPSA) is 79.7 Å². The van der Waals surface area contributed by atoms with Gasteiger partial charge in [-0.25, -0.2) is 13.4 Å². The quantitative estimate of drug-likeness (QED) is 0.893. The molecule has 1 atom stereocenters. The molecule has 2 aromatic rings. The molecule has 7 heteroatoms. The van der Waals surface area contributed by atoms with Gasteiger partial charge < -0.3 is 14.7 Å². The van der Waals surface area contributed by atoms with Gasteiger partial charge >= 0.3 is 0 Å². The highest BCUT2D eigenvalue weighted by Crippen LogP contribution is 2.28. The number of methoxy groups -OCH3 is 1. The number of anilines is 1. The maximum Gasteiger partial charge on any atom is 0.152 e. The molecule has 1 unspecified atom stereocenters. The largest absolute Gasteiger partial charge is 0.506 e. The fourth-order valence-electron chi connectivity index (χ4n) is 2.98. The second kappa shape index (κ2) is 6.33. The van der Waals surface area contributed by atoms with Gasteiger partial charge in [0.15, 0.2) is 9.84 Å². The molecule has 0 spiro atoms. The maximum absolute atomic E-state index is 11.8. The molecule has 1 saturated heterocycles. The third kappa shape index (κ3) is 3.40. The van der Waals surface area contributed by atoms with E-state index in [9.17, 15) is 13.5 Å². The van der Waals surface area contributed by atoms with Crippen LogP contribution in [0, 0.1) is 0 Å². The van der Waals surface area contributed by atoms with Gasteiger partial charge in [0.2, 0.25) is 0 Å². The number of phenolic OH excluding ortho intramolecular Hbond substituents is 1. The standard InChI is InChI=1S/C16H20N2O4S/c1-22-9-8-18(13-7-10-23(20,21)11-13)15-6-5-12-3-2-4-14(19)16(12)17-15/h2-6,13,19H,7-11H2,1H3. The van der Waals surface area contributed by atoms with Crippen LogP contribution < -0.4 is 4.90 Å². The van der Waals surface area contributed by atoms with E-state index in [1.54, 1.807) is 19.2 Å². The number of benzene rings is 1. The van der Waals surface area contributed by atoms with Crippen molar-refractivity contribution >= 4 is 26.6 Å². The number of nitrogens with zero attached hydrogens (tertiary/aromatic N) is 2. The van der Waals surface area contributed by atoms with Crippen molar-refractivity contribution in [1.82, 2.24) is 4.98 Å². The van der Waals surface area contributed by atoms with E-state index in [4.69, 9.17) is 4.74 Å². The number of fused-ring (bicyclic) bond motifs is 1. The van der Waals surface area contributed by atoms with Gasteiger partial charge in [-0.3, -0.25) is 0 Å². The summed E-state index contributed by atoms with van der Waals surface area (Å²) < 4.78 is 28.7. The molecule has 23 heavy (non-hydrogen) atoms. The smallest absolute Gasteiger partial charge is 0.152 e. The number of phenols is 1. The zero-order valence-corrected chi connectivity index (χ0v) is 13.8. The molecule has 1 aromatic heterocycles. The van der Waals surface area contributed by atoms with Crippen LogP contribution in [0.1, 0.15) is 6.42 Å². The first-order chi connectivity index (χ1) is 11.0. The fourth-order valence-corrected chi connectivity index (χ4v) is 4.71. The summed E-state index contributed by atoms with van der Waals surface area (Å²) in [6.07, 6.45) is 0.590. The van der Waals surface area contributed by atoms with Crippen LogP contribution in [0.4, 0.5) is 5.82 Å². The number of ether oxygens (including phenoxy) is 1. The number of para-hydroxylation sites is 1. The van der Waals surface area contributed by atoms with Crippen LogP contribution in [-0.2, 0) is 14.6 Å². The van der Waals surface area contributed by atoms with E-state index in [1.807, 2.05) is 23.1 Å². The Balaban J connectivity index is 1.97. The van der Waals surface area contributed by atoms with E-state index in [-0.39, 0.29) is 23.3 Å². The molecule has 0 bridgehead atoms. The lowest BCUT2D eigenvalue weighted by Crippen LogP contribution is -2.39. The summed E-state index contributed by atoms with van der Waals surface area (Å²) in [5.41, 5.74) is 0.522. The van der Waals surface area contributed by atoms with Gasteiger partial charge in [-0.1, -0.05) is 12.1 Å². The normalized spacial score (nSPS) is 20.0. The van der Waals surface area contributed by atoms with Crippen molar-refractivity contribution in [3.63, 3.8) is 0 Å². The van der Waals surface area contributed by atoms with Gasteiger partial charge in [0, 0.05) is 25.1 Å². The van der Waals surface area contributed by atoms with Crippen molar-refractivity contribution in [3.8, 4) is 5.75 Å². The minimum atomic E-state index is -2.98. The first kappa shape index (κ1) is 16.0. The number of aromatic nitrogens is 1. The number of aromatic hydroxyl groups is 1. The van der Waals surface area contributed by atoms with Gasteiger partial charge in [-0.05, 0) is 24.6 Å². The Morgan fingerprint density at radius 2 is 2.17 bits per heavy atom. The highest BCUT2D eigenvalue weighted by Gasteiger charge is 2.32. The van der Waals surface area contributed by atoms with Crippen molar-refractivity contribution < 1.29 is 18.3 Å². The van der Waals surface area contributed by atoms with E-state index in [0.717, 1.165) is 5.39 Å². The Hall–Kier alpha value is -1.86. The average Bonchev–Trinajstić information content (AvgIpc) is 2.88. The van der Waals surface area contributed by atoms with Crippen molar-refractivity contribution in [2.45, 2.75) is 12.5 Å². The third-order valence-electron chi connectivity index (χ3n) is 4.16. The first-order valence-corrected chi connectivity index (χ1v) is 9.37. The summed E-state index contributed by atoms with van der Waals surface area (Å²) in [6, 6.07) is 8.89. The van der Waals surface area contributed by atoms with Crippen molar-refractivity contribution in [3.05, 3.63) is 30.3 Å². The SMILES string of the molecule is COCCN(c1ccc2cccc(O)c2n1)C1CCS(=O)(=O)C1. The molecule has 124 valence electrons. The monoisotopic (exact) mass is 336 g/mol. The van der Waals surface area contributed by atoms with E-state index in [0.29, 0.717) is 30.9 Å². The van der Waals surface area contributed by atoms with Gasteiger partial charge in [-0.15, -0.1) is 0 Å². The summed E-state index contributed by atoms with van der Waals surface area (Å²) in [6.45, 7) is 1.04. The molecule has 2 heterocycles. The molecule has 3 rings (SSSR count). The van der Waals surface area contributed by atoms with Crippen LogP contribution in [0.5, 0.6) is 5.75 Å². The summed E-state index contributed by atoms with van der Waals surface area (Å²) in [5, 5.41) is 10.8. The second-order valence-electron chi connectivity index (χ2n) is 5.76. The molecule has 0 radical (unpaired) electrons. The van der Waals surface area contributed by atoms with Gasteiger partial charge in [0.1, 0.15) is 17.1 Å². The summed E-state index contributed by atoms with van der Waals surface area (Å²) in [5.74, 6) is 1.13. The Labute approximate surface area is 135 Å². The third-order valence-corrected chi connectivity index (χ3v) is 5.91. The molecule has 1 aliphatic rings. The molecule has 1 N–H and O–H groups in total. The highest BCUT2D eigenvalue weighted by atomic mass is 32.2. The molecule has 1 fully saturated rings. The van der Waals surface area contributed by atoms with E-state index in [1.165, 1.54) is 0 Å². The summed E-state index contributed by atoms with van der Waals surface area (Å²) in [7, 11) is -1.37. The minimum absolute atomic E-state index is 0.106. The van der Waals surface area contributed by atoms with Gasteiger partial charge in [0.25, 0.3) is 0 Å². The van der Waals surface area contributed by atoms with Crippen LogP contribution in [0.3, 0.4) is 0 Å². The van der Waals surface area contributed by atoms with Crippen LogP contribution in [0.25, 0.3) is 10.9 Å². The van der Waals surface area contributed by atoms with Crippen molar-refractivity contribution in [1.29, 1.82) is 0 Å². The molecule has 0 saturated carbocycles. The first-order valence-electron chi connectivity index (χ1n) is 7.55. The number of sulfone groups is 1. The molecule has 0 amide bonds. The lowest BCUT2D eigenvalue weighted by atomic mass is 10.2. The van der Waals surface area contributed by atoms with Crippen molar-refractivity contribution in [2.24, 2.45) is 0 Å². The van der Waals surface area contributed by atoms with Crippen LogP contribution in [0.15, 0.2) is 30.3 Å². The molecule has 1 aliphatic heterocycles. The van der Waals surface area contributed by atoms with E-state index in [2.05, 4.69) is 4.98 Å². The molecule has 1 aromatic carbocycles. The maximum atomic E-state index is 11.8. The zero-order valence-electron chi connectivity index (χ0n) is 13.0. The molecular weight excluding hydrogens is 316 g/mol. The predicted molar refractivity (Wildman–Crippen MR) is 89.7 cm³/mol. The second-order valence-corrected chi connectivity index (χ2v) is 7.99. The van der Waals surface area contributed by atoms with Crippen LogP contribution >= 0.6 is 0 Å². The van der Waals surface area contributed by atoms with E-state index >= 15 is 0 Å².